The maximum atomic E-state index is 13.4. The Labute approximate surface area is 190 Å². The lowest BCUT2D eigenvalue weighted by Crippen LogP contribution is -2.29. The van der Waals surface area contributed by atoms with Crippen LogP contribution in [0.3, 0.4) is 0 Å². The zero-order chi connectivity index (χ0) is 22.7. The molecule has 1 saturated heterocycles. The van der Waals surface area contributed by atoms with Crippen LogP contribution in [0, 0.1) is 6.92 Å². The third-order valence-electron chi connectivity index (χ3n) is 6.48. The van der Waals surface area contributed by atoms with E-state index in [0.717, 1.165) is 53.1 Å². The van der Waals surface area contributed by atoms with Crippen molar-refractivity contribution in [1.82, 2.24) is 24.5 Å². The Morgan fingerprint density at radius 2 is 1.91 bits per heavy atom. The molecule has 1 unspecified atom stereocenters. The number of carbonyl (C=O) groups excluding carboxylic acids is 1. The van der Waals surface area contributed by atoms with E-state index in [2.05, 4.69) is 19.9 Å². The molecular weight excluding hydrogens is 416 g/mol. The standard InChI is InChI=1S/C24H24N8O/c1-14-11-20(29-24(28-14)31-10-5-15(25)12-31)32-13-19-18(23(32)33)4-7-26-21(19)16-3-8-27-22-17(16)6-9-30(22)2/h3-4,6-9,11,15H,5,10,12-13,25H2,1-2H3. The van der Waals surface area contributed by atoms with E-state index >= 15 is 0 Å². The molecule has 0 saturated carbocycles. The van der Waals surface area contributed by atoms with Crippen molar-refractivity contribution in [1.29, 1.82) is 0 Å². The number of hydrogen-bond acceptors (Lipinski definition) is 7. The number of nitrogens with two attached hydrogens (primary N) is 1. The van der Waals surface area contributed by atoms with Crippen LogP contribution >= 0.6 is 0 Å². The maximum Gasteiger partial charge on any atom is 0.260 e. The normalized spacial score (nSPS) is 17.9. The first kappa shape index (κ1) is 19.8. The fourth-order valence-corrected chi connectivity index (χ4v) is 4.80. The molecule has 4 aromatic rings. The molecule has 1 fully saturated rings. The second-order valence-corrected chi connectivity index (χ2v) is 8.76. The van der Waals surface area contributed by atoms with Gasteiger partial charge in [-0.3, -0.25) is 14.7 Å². The van der Waals surface area contributed by atoms with Crippen LogP contribution in [0.15, 0.2) is 42.9 Å². The summed E-state index contributed by atoms with van der Waals surface area (Å²) in [5.74, 6) is 1.15. The minimum absolute atomic E-state index is 0.0748. The van der Waals surface area contributed by atoms with Crippen molar-refractivity contribution in [3.8, 4) is 11.3 Å². The molecule has 166 valence electrons. The Bertz CT molecular complexity index is 1410. The molecule has 1 amide bonds. The number of aryl methyl sites for hydroxylation is 2. The van der Waals surface area contributed by atoms with Crippen molar-refractivity contribution >= 4 is 28.7 Å². The molecule has 9 nitrogen and oxygen atoms in total. The van der Waals surface area contributed by atoms with Gasteiger partial charge in [-0.25, -0.2) is 9.97 Å². The summed E-state index contributed by atoms with van der Waals surface area (Å²) in [6, 6.07) is 7.77. The van der Waals surface area contributed by atoms with Crippen molar-refractivity contribution in [3.63, 3.8) is 0 Å². The topological polar surface area (TPSA) is 106 Å². The van der Waals surface area contributed by atoms with Gasteiger partial charge in [0.1, 0.15) is 11.5 Å². The first-order valence-electron chi connectivity index (χ1n) is 11.1. The lowest BCUT2D eigenvalue weighted by atomic mass is 10.0. The Morgan fingerprint density at radius 3 is 2.73 bits per heavy atom. The van der Waals surface area contributed by atoms with Crippen molar-refractivity contribution < 1.29 is 4.79 Å². The van der Waals surface area contributed by atoms with Gasteiger partial charge >= 0.3 is 0 Å². The molecule has 2 aliphatic heterocycles. The zero-order valence-corrected chi connectivity index (χ0v) is 18.6. The number of hydrogen-bond donors (Lipinski definition) is 1. The highest BCUT2D eigenvalue weighted by atomic mass is 16.2. The average Bonchev–Trinajstić information content (AvgIpc) is 3.51. The van der Waals surface area contributed by atoms with Gasteiger partial charge in [0.05, 0.1) is 12.2 Å². The van der Waals surface area contributed by atoms with Crippen molar-refractivity contribution in [3.05, 3.63) is 59.7 Å². The molecule has 0 radical (unpaired) electrons. The Kier molecular flexibility index (Phi) is 4.41. The molecule has 2 N–H and O–H groups in total. The molecule has 0 bridgehead atoms. The highest BCUT2D eigenvalue weighted by molar-refractivity contribution is 6.11. The fourth-order valence-electron chi connectivity index (χ4n) is 4.80. The van der Waals surface area contributed by atoms with Gasteiger partial charge in [-0.05, 0) is 31.5 Å². The van der Waals surface area contributed by atoms with Gasteiger partial charge in [-0.1, -0.05) is 0 Å². The molecular formula is C24H24N8O. The molecule has 33 heavy (non-hydrogen) atoms. The molecule has 6 heterocycles. The minimum atomic E-state index is -0.0748. The number of anilines is 2. The Balaban J connectivity index is 1.41. The van der Waals surface area contributed by atoms with Gasteiger partial charge in [-0.2, -0.15) is 4.98 Å². The van der Waals surface area contributed by atoms with Crippen LogP contribution in [0.1, 0.15) is 28.0 Å². The summed E-state index contributed by atoms with van der Waals surface area (Å²) in [7, 11) is 1.97. The summed E-state index contributed by atoms with van der Waals surface area (Å²) in [5.41, 5.74) is 11.1. The molecule has 2 aliphatic rings. The predicted molar refractivity (Wildman–Crippen MR) is 126 cm³/mol. The second kappa shape index (κ2) is 7.35. The SMILES string of the molecule is Cc1cc(N2Cc3c(ccnc3-c3ccnc4c3ccn4C)C2=O)nc(N2CCC(N)C2)n1. The summed E-state index contributed by atoms with van der Waals surface area (Å²) in [6.07, 6.45) is 6.38. The number of aromatic nitrogens is 5. The Morgan fingerprint density at radius 1 is 1.09 bits per heavy atom. The molecule has 0 spiro atoms. The van der Waals surface area contributed by atoms with E-state index < -0.39 is 0 Å². The average molecular weight is 441 g/mol. The van der Waals surface area contributed by atoms with E-state index in [1.165, 1.54) is 0 Å². The van der Waals surface area contributed by atoms with Gasteiger partial charge in [0, 0.05) is 78.6 Å². The van der Waals surface area contributed by atoms with Gasteiger partial charge in [0.15, 0.2) is 0 Å². The molecule has 9 heteroatoms. The number of fused-ring (bicyclic) bond motifs is 2. The smallest absolute Gasteiger partial charge is 0.260 e. The van der Waals surface area contributed by atoms with E-state index in [0.29, 0.717) is 23.9 Å². The van der Waals surface area contributed by atoms with Gasteiger partial charge in [-0.15, -0.1) is 0 Å². The highest BCUT2D eigenvalue weighted by Crippen LogP contribution is 2.36. The molecule has 6 rings (SSSR count). The van der Waals surface area contributed by atoms with E-state index in [1.807, 2.05) is 42.9 Å². The lowest BCUT2D eigenvalue weighted by Gasteiger charge is -2.20. The first-order chi connectivity index (χ1) is 16.0. The van der Waals surface area contributed by atoms with Crippen molar-refractivity contribution in [2.75, 3.05) is 22.9 Å². The number of amides is 1. The number of rotatable bonds is 3. The molecule has 0 aliphatic carbocycles. The molecule has 1 atom stereocenters. The van der Waals surface area contributed by atoms with E-state index in [9.17, 15) is 4.79 Å². The van der Waals surface area contributed by atoms with Gasteiger partial charge in [0.25, 0.3) is 5.91 Å². The largest absolute Gasteiger partial charge is 0.339 e. The van der Waals surface area contributed by atoms with Crippen molar-refractivity contribution in [2.24, 2.45) is 12.8 Å². The van der Waals surface area contributed by atoms with E-state index in [-0.39, 0.29) is 11.9 Å². The summed E-state index contributed by atoms with van der Waals surface area (Å²) in [5, 5.41) is 1.01. The number of carbonyl (C=O) groups is 1. The molecule has 0 aromatic carbocycles. The monoisotopic (exact) mass is 440 g/mol. The fraction of sp³-hybridized carbons (Fsp3) is 0.292. The van der Waals surface area contributed by atoms with Crippen LogP contribution in [0.4, 0.5) is 11.8 Å². The summed E-state index contributed by atoms with van der Waals surface area (Å²) >= 11 is 0. The van der Waals surface area contributed by atoms with Crippen LogP contribution in [-0.4, -0.2) is 49.5 Å². The van der Waals surface area contributed by atoms with Crippen LogP contribution in [0.5, 0.6) is 0 Å². The second-order valence-electron chi connectivity index (χ2n) is 8.76. The highest BCUT2D eigenvalue weighted by Gasteiger charge is 2.33. The van der Waals surface area contributed by atoms with E-state index in [4.69, 9.17) is 10.7 Å². The quantitative estimate of drug-likeness (QED) is 0.521. The van der Waals surface area contributed by atoms with Gasteiger partial charge in [0.2, 0.25) is 5.95 Å². The summed E-state index contributed by atoms with van der Waals surface area (Å²) in [4.78, 5) is 35.8. The van der Waals surface area contributed by atoms with Crippen LogP contribution < -0.4 is 15.5 Å². The summed E-state index contributed by atoms with van der Waals surface area (Å²) in [6.45, 7) is 3.87. The molecule has 4 aromatic heterocycles. The summed E-state index contributed by atoms with van der Waals surface area (Å²) < 4.78 is 1.98. The van der Waals surface area contributed by atoms with Crippen LogP contribution in [-0.2, 0) is 13.6 Å². The maximum absolute atomic E-state index is 13.4. The zero-order valence-electron chi connectivity index (χ0n) is 18.6. The minimum Gasteiger partial charge on any atom is -0.339 e. The van der Waals surface area contributed by atoms with E-state index in [1.54, 1.807) is 23.4 Å². The van der Waals surface area contributed by atoms with Crippen LogP contribution in [0.25, 0.3) is 22.3 Å². The third kappa shape index (κ3) is 3.15. The number of nitrogens with zero attached hydrogens (tertiary/aromatic N) is 7. The van der Waals surface area contributed by atoms with Gasteiger partial charge < -0.3 is 15.2 Å². The third-order valence-corrected chi connectivity index (χ3v) is 6.48. The Hall–Kier alpha value is -3.85. The number of pyridine rings is 2. The lowest BCUT2D eigenvalue weighted by molar-refractivity contribution is 0.0996. The van der Waals surface area contributed by atoms with Crippen molar-refractivity contribution in [2.45, 2.75) is 25.9 Å². The predicted octanol–water partition coefficient (Wildman–Crippen LogP) is 2.43. The first-order valence-corrected chi connectivity index (χ1v) is 11.1. The van der Waals surface area contributed by atoms with Crippen LogP contribution in [0.2, 0.25) is 0 Å².